The lowest BCUT2D eigenvalue weighted by molar-refractivity contribution is 0.254. The molecule has 2 N–H and O–H groups in total. The van der Waals surface area contributed by atoms with Gasteiger partial charge in [-0.05, 0) is 37.6 Å². The number of nitrogens with zero attached hydrogens (tertiary/aromatic N) is 5. The van der Waals surface area contributed by atoms with Crippen molar-refractivity contribution in [1.29, 1.82) is 0 Å². The van der Waals surface area contributed by atoms with Crippen LogP contribution < -0.4 is 20.3 Å². The topological polar surface area (TPSA) is 77.9 Å². The van der Waals surface area contributed by atoms with Crippen LogP contribution in [0, 0.1) is 6.92 Å². The van der Waals surface area contributed by atoms with E-state index in [0.717, 1.165) is 68.9 Å². The van der Waals surface area contributed by atoms with Gasteiger partial charge in [0.1, 0.15) is 5.75 Å². The number of aryl methyl sites for hydroxylation is 1. The predicted octanol–water partition coefficient (Wildman–Crippen LogP) is 2.29. The van der Waals surface area contributed by atoms with Crippen LogP contribution in [0.5, 0.6) is 5.75 Å². The van der Waals surface area contributed by atoms with Gasteiger partial charge in [0.25, 0.3) is 0 Å². The lowest BCUT2D eigenvalue weighted by atomic mass is 10.1. The fourth-order valence-electron chi connectivity index (χ4n) is 3.53. The van der Waals surface area contributed by atoms with Crippen LogP contribution in [0.3, 0.4) is 0 Å². The van der Waals surface area contributed by atoms with Gasteiger partial charge in [-0.15, -0.1) is 24.0 Å². The van der Waals surface area contributed by atoms with Crippen molar-refractivity contribution in [2.75, 3.05) is 58.3 Å². The maximum atomic E-state index is 5.48. The van der Waals surface area contributed by atoms with E-state index < -0.39 is 0 Å². The molecule has 9 heteroatoms. The molecule has 1 saturated heterocycles. The van der Waals surface area contributed by atoms with Crippen molar-refractivity contribution < 1.29 is 4.74 Å². The molecule has 1 aromatic heterocycles. The Morgan fingerprint density at radius 1 is 1.13 bits per heavy atom. The number of anilines is 1. The average Bonchev–Trinajstić information content (AvgIpc) is 2.80. The molecule has 1 aliphatic rings. The molecule has 0 saturated carbocycles. The third-order valence-corrected chi connectivity index (χ3v) is 5.26. The second-order valence-corrected chi connectivity index (χ2v) is 7.40. The molecule has 2 heterocycles. The Labute approximate surface area is 202 Å². The first-order valence-corrected chi connectivity index (χ1v) is 10.5. The van der Waals surface area contributed by atoms with Crippen molar-refractivity contribution in [3.05, 3.63) is 47.8 Å². The summed E-state index contributed by atoms with van der Waals surface area (Å²) < 4.78 is 5.48. The van der Waals surface area contributed by atoms with Crippen LogP contribution in [0.4, 0.5) is 5.95 Å². The summed E-state index contributed by atoms with van der Waals surface area (Å²) in [6.07, 6.45) is 4.67. The Kier molecular flexibility index (Phi) is 10.8. The molecule has 170 valence electrons. The Morgan fingerprint density at radius 3 is 2.55 bits per heavy atom. The van der Waals surface area contributed by atoms with Crippen LogP contribution in [-0.2, 0) is 6.54 Å². The fourth-order valence-corrected chi connectivity index (χ4v) is 3.53. The minimum Gasteiger partial charge on any atom is -0.496 e. The number of guanidine groups is 1. The number of ether oxygens (including phenoxy) is 1. The van der Waals surface area contributed by atoms with Crippen LogP contribution in [-0.4, -0.2) is 74.3 Å². The normalized spacial score (nSPS) is 14.7. The van der Waals surface area contributed by atoms with Gasteiger partial charge in [-0.3, -0.25) is 9.89 Å². The number of benzene rings is 1. The molecule has 1 fully saturated rings. The minimum atomic E-state index is 0. The number of hydrogen-bond acceptors (Lipinski definition) is 6. The van der Waals surface area contributed by atoms with Gasteiger partial charge in [0, 0.05) is 64.3 Å². The molecule has 0 atom stereocenters. The monoisotopic (exact) mass is 539 g/mol. The van der Waals surface area contributed by atoms with Gasteiger partial charge >= 0.3 is 0 Å². The number of piperazine rings is 1. The number of nitrogens with one attached hydrogen (secondary N) is 2. The molecular formula is C22H34IN7O. The van der Waals surface area contributed by atoms with E-state index in [1.807, 2.05) is 6.07 Å². The smallest absolute Gasteiger partial charge is 0.225 e. The molecule has 8 nitrogen and oxygen atoms in total. The minimum absolute atomic E-state index is 0. The molecule has 31 heavy (non-hydrogen) atoms. The Morgan fingerprint density at radius 2 is 1.87 bits per heavy atom. The number of halogens is 1. The zero-order valence-electron chi connectivity index (χ0n) is 18.7. The van der Waals surface area contributed by atoms with Gasteiger partial charge in [0.15, 0.2) is 5.96 Å². The molecule has 1 aliphatic heterocycles. The lowest BCUT2D eigenvalue weighted by Crippen LogP contribution is -2.47. The summed E-state index contributed by atoms with van der Waals surface area (Å²) in [6.45, 7) is 8.71. The maximum Gasteiger partial charge on any atom is 0.225 e. The van der Waals surface area contributed by atoms with Crippen molar-refractivity contribution in [3.63, 3.8) is 0 Å². The maximum absolute atomic E-state index is 5.48. The fraction of sp³-hybridized carbons (Fsp3) is 0.500. The van der Waals surface area contributed by atoms with E-state index in [2.05, 4.69) is 60.5 Å². The first-order chi connectivity index (χ1) is 14.7. The van der Waals surface area contributed by atoms with Gasteiger partial charge in [-0.2, -0.15) is 0 Å². The van der Waals surface area contributed by atoms with E-state index >= 15 is 0 Å². The standard InChI is InChI=1S/C22H33N7O.HI/c1-18-6-7-19(20(16-18)30-3)17-27-21(23-2)24-10-5-11-28-12-14-29(15-13-28)22-25-8-4-9-26-22;/h4,6-9,16H,5,10-15,17H2,1-3H3,(H2,23,24,27);1H. The van der Waals surface area contributed by atoms with E-state index in [0.29, 0.717) is 6.54 Å². The van der Waals surface area contributed by atoms with Crippen LogP contribution in [0.2, 0.25) is 0 Å². The first-order valence-electron chi connectivity index (χ1n) is 10.5. The summed E-state index contributed by atoms with van der Waals surface area (Å²) in [6, 6.07) is 8.09. The summed E-state index contributed by atoms with van der Waals surface area (Å²) in [5.74, 6) is 2.54. The molecule has 0 spiro atoms. The Balaban J connectivity index is 0.00000341. The number of aliphatic imine (C=N–C) groups is 1. The highest BCUT2D eigenvalue weighted by Gasteiger charge is 2.18. The molecule has 0 aliphatic carbocycles. The molecule has 0 bridgehead atoms. The van der Waals surface area contributed by atoms with Crippen LogP contribution >= 0.6 is 24.0 Å². The number of hydrogen-bond donors (Lipinski definition) is 2. The zero-order chi connectivity index (χ0) is 21.2. The van der Waals surface area contributed by atoms with E-state index in [4.69, 9.17) is 4.74 Å². The summed E-state index contributed by atoms with van der Waals surface area (Å²) in [4.78, 5) is 17.8. The van der Waals surface area contributed by atoms with Gasteiger partial charge in [0.05, 0.1) is 7.11 Å². The van der Waals surface area contributed by atoms with Crippen molar-refractivity contribution in [2.24, 2.45) is 4.99 Å². The third-order valence-electron chi connectivity index (χ3n) is 5.26. The molecule has 0 amide bonds. The second-order valence-electron chi connectivity index (χ2n) is 7.40. The van der Waals surface area contributed by atoms with Crippen molar-refractivity contribution in [2.45, 2.75) is 19.9 Å². The number of aromatic nitrogens is 2. The van der Waals surface area contributed by atoms with Crippen molar-refractivity contribution in [1.82, 2.24) is 25.5 Å². The summed E-state index contributed by atoms with van der Waals surface area (Å²) in [5, 5.41) is 6.77. The average molecular weight is 539 g/mol. The molecule has 1 aromatic carbocycles. The van der Waals surface area contributed by atoms with E-state index in [-0.39, 0.29) is 24.0 Å². The lowest BCUT2D eigenvalue weighted by Gasteiger charge is -2.34. The highest BCUT2D eigenvalue weighted by molar-refractivity contribution is 14.0. The van der Waals surface area contributed by atoms with Gasteiger partial charge in [-0.25, -0.2) is 9.97 Å². The van der Waals surface area contributed by atoms with Gasteiger partial charge in [0.2, 0.25) is 5.95 Å². The van der Waals surface area contributed by atoms with Crippen LogP contribution in [0.25, 0.3) is 0 Å². The summed E-state index contributed by atoms with van der Waals surface area (Å²) in [7, 11) is 3.50. The predicted molar refractivity (Wildman–Crippen MR) is 137 cm³/mol. The van der Waals surface area contributed by atoms with Gasteiger partial charge < -0.3 is 20.3 Å². The second kappa shape index (κ2) is 13.3. The van der Waals surface area contributed by atoms with Crippen LogP contribution in [0.15, 0.2) is 41.7 Å². The first kappa shape index (κ1) is 25.1. The molecule has 3 rings (SSSR count). The Hall–Kier alpha value is -2.14. The Bertz CT molecular complexity index is 811. The number of rotatable bonds is 8. The molecule has 2 aromatic rings. The van der Waals surface area contributed by atoms with E-state index in [1.54, 1.807) is 26.6 Å². The molecular weight excluding hydrogens is 505 g/mol. The summed E-state index contributed by atoms with van der Waals surface area (Å²) in [5.41, 5.74) is 2.31. The quantitative estimate of drug-likeness (QED) is 0.231. The highest BCUT2D eigenvalue weighted by Crippen LogP contribution is 2.19. The van der Waals surface area contributed by atoms with Crippen LogP contribution in [0.1, 0.15) is 17.5 Å². The van der Waals surface area contributed by atoms with Gasteiger partial charge in [-0.1, -0.05) is 12.1 Å². The SMILES string of the molecule is CN=C(NCCCN1CCN(c2ncccn2)CC1)NCc1ccc(C)cc1OC.I. The molecule has 0 unspecified atom stereocenters. The van der Waals surface area contributed by atoms with Crippen molar-refractivity contribution in [3.8, 4) is 5.75 Å². The van der Waals surface area contributed by atoms with E-state index in [9.17, 15) is 0 Å². The largest absolute Gasteiger partial charge is 0.496 e. The summed E-state index contributed by atoms with van der Waals surface area (Å²) >= 11 is 0. The third kappa shape index (κ3) is 7.80. The van der Waals surface area contributed by atoms with Crippen molar-refractivity contribution >= 4 is 35.9 Å². The number of methoxy groups -OCH3 is 1. The highest BCUT2D eigenvalue weighted by atomic mass is 127. The van der Waals surface area contributed by atoms with E-state index in [1.165, 1.54) is 5.56 Å². The zero-order valence-corrected chi connectivity index (χ0v) is 21.0. The molecule has 0 radical (unpaired) electrons.